The maximum absolute atomic E-state index is 13.3. The number of aromatic hydroxyl groups is 1. The highest BCUT2D eigenvalue weighted by Crippen LogP contribution is 2.50. The first-order valence-corrected chi connectivity index (χ1v) is 9.43. The molecule has 0 unspecified atom stereocenters. The third kappa shape index (κ3) is 2.47. The van der Waals surface area contributed by atoms with Gasteiger partial charge in [-0.2, -0.15) is 0 Å². The Morgan fingerprint density at radius 3 is 2.55 bits per heavy atom. The van der Waals surface area contributed by atoms with E-state index in [-0.39, 0.29) is 28.6 Å². The van der Waals surface area contributed by atoms with E-state index in [9.17, 15) is 24.8 Å². The molecule has 7 nitrogen and oxygen atoms in total. The molecule has 0 amide bonds. The molecule has 1 heterocycles. The highest BCUT2D eigenvalue weighted by molar-refractivity contribution is 6.30. The first-order valence-electron chi connectivity index (χ1n) is 9.43. The van der Waals surface area contributed by atoms with Crippen molar-refractivity contribution in [3.05, 3.63) is 80.5 Å². The van der Waals surface area contributed by atoms with Gasteiger partial charge in [-0.15, -0.1) is 0 Å². The predicted molar refractivity (Wildman–Crippen MR) is 104 cm³/mol. The molecule has 0 fully saturated rings. The van der Waals surface area contributed by atoms with Crippen LogP contribution in [0.4, 0.5) is 5.69 Å². The van der Waals surface area contributed by atoms with Crippen molar-refractivity contribution in [1.29, 1.82) is 0 Å². The van der Waals surface area contributed by atoms with Crippen molar-refractivity contribution in [3.63, 3.8) is 0 Å². The smallest absolute Gasteiger partial charge is 0.269 e. The zero-order valence-corrected chi connectivity index (χ0v) is 15.3. The van der Waals surface area contributed by atoms with Crippen molar-refractivity contribution < 1.29 is 19.6 Å². The third-order valence-corrected chi connectivity index (χ3v) is 5.93. The molecule has 2 atom stereocenters. The molecule has 5 rings (SSSR count). The Hall–Kier alpha value is -3.61. The zero-order chi connectivity index (χ0) is 20.3. The van der Waals surface area contributed by atoms with E-state index in [1.807, 2.05) is 12.1 Å². The largest absolute Gasteiger partial charge is 0.508 e. The number of nitro benzene ring substituents is 1. The number of carbonyl (C=O) groups excluding carboxylic acids is 2. The summed E-state index contributed by atoms with van der Waals surface area (Å²) in [5.74, 6) is -2.03. The lowest BCUT2D eigenvalue weighted by Gasteiger charge is -2.33. The lowest BCUT2D eigenvalue weighted by atomic mass is 9.71. The number of hydrogen-bond donors (Lipinski definition) is 1. The van der Waals surface area contributed by atoms with Crippen molar-refractivity contribution in [3.8, 4) is 5.75 Å². The van der Waals surface area contributed by atoms with Crippen LogP contribution in [0, 0.1) is 16.0 Å². The first-order chi connectivity index (χ1) is 14.0. The van der Waals surface area contributed by atoms with Gasteiger partial charge in [0.2, 0.25) is 0 Å². The molecule has 0 aromatic heterocycles. The predicted octanol–water partition coefficient (Wildman–Crippen LogP) is 3.71. The second-order valence-corrected chi connectivity index (χ2v) is 7.50. The number of phenolic OH excluding ortho intramolecular Hbond substituents is 1. The van der Waals surface area contributed by atoms with Gasteiger partial charge in [-0.3, -0.25) is 24.7 Å². The van der Waals surface area contributed by atoms with E-state index in [1.54, 1.807) is 12.1 Å². The minimum Gasteiger partial charge on any atom is -0.508 e. The van der Waals surface area contributed by atoms with Gasteiger partial charge in [0.15, 0.2) is 11.6 Å². The standard InChI is InChI=1S/C22H16N2O5/c25-16-9-8-11(24(28)29)10-14(16)18-19-15(6-3-7-17(19)26)23-21-12-4-1-2-5-13(12)22(27)20(18)21/h1-2,4-5,8-10,18,20,25H,3,6-7H2/t18-,20-/m0/s1. The maximum atomic E-state index is 13.3. The fourth-order valence-corrected chi connectivity index (χ4v) is 4.69. The van der Waals surface area contributed by atoms with E-state index >= 15 is 0 Å². The third-order valence-electron chi connectivity index (χ3n) is 5.93. The molecule has 1 aliphatic heterocycles. The molecule has 3 aliphatic rings. The molecule has 0 bridgehead atoms. The van der Waals surface area contributed by atoms with E-state index < -0.39 is 16.8 Å². The van der Waals surface area contributed by atoms with Gasteiger partial charge in [0.1, 0.15) is 5.75 Å². The van der Waals surface area contributed by atoms with Gasteiger partial charge in [0, 0.05) is 52.4 Å². The monoisotopic (exact) mass is 388 g/mol. The number of nitrogens with zero attached hydrogens (tertiary/aromatic N) is 2. The number of allylic oxidation sites excluding steroid dienone is 2. The lowest BCUT2D eigenvalue weighted by Crippen LogP contribution is -2.33. The number of rotatable bonds is 2. The molecule has 1 N–H and O–H groups in total. The summed E-state index contributed by atoms with van der Waals surface area (Å²) in [6.07, 6.45) is 1.60. The number of fused-ring (bicyclic) bond motifs is 3. The summed E-state index contributed by atoms with van der Waals surface area (Å²) in [6, 6.07) is 10.9. The van der Waals surface area contributed by atoms with Crippen LogP contribution < -0.4 is 0 Å². The van der Waals surface area contributed by atoms with Crippen molar-refractivity contribution in [2.45, 2.75) is 25.2 Å². The van der Waals surface area contributed by atoms with Crippen LogP contribution in [0.1, 0.15) is 46.7 Å². The normalized spacial score (nSPS) is 22.7. The second kappa shape index (κ2) is 6.20. The van der Waals surface area contributed by atoms with Crippen LogP contribution in [0.3, 0.4) is 0 Å². The Bertz CT molecular complexity index is 1180. The van der Waals surface area contributed by atoms with Gasteiger partial charge in [-0.25, -0.2) is 0 Å². The number of Topliss-reactive ketones (excluding diaryl/α,β-unsaturated/α-hetero) is 2. The Labute approximate surface area is 165 Å². The molecular weight excluding hydrogens is 372 g/mol. The quantitative estimate of drug-likeness (QED) is 0.623. The van der Waals surface area contributed by atoms with E-state index in [1.165, 1.54) is 18.2 Å². The minimum absolute atomic E-state index is 0.117. The fourth-order valence-electron chi connectivity index (χ4n) is 4.69. The Kier molecular flexibility index (Phi) is 3.74. The Balaban J connectivity index is 1.79. The van der Waals surface area contributed by atoms with Crippen LogP contribution in [-0.4, -0.2) is 27.3 Å². The van der Waals surface area contributed by atoms with E-state index in [2.05, 4.69) is 0 Å². The van der Waals surface area contributed by atoms with E-state index in [0.717, 1.165) is 5.56 Å². The molecule has 7 heteroatoms. The summed E-state index contributed by atoms with van der Waals surface area (Å²) < 4.78 is 0. The summed E-state index contributed by atoms with van der Waals surface area (Å²) in [4.78, 5) is 41.6. The maximum Gasteiger partial charge on any atom is 0.269 e. The number of hydrogen-bond acceptors (Lipinski definition) is 6. The van der Waals surface area contributed by atoms with Crippen LogP contribution in [-0.2, 0) is 4.79 Å². The molecule has 0 radical (unpaired) electrons. The molecule has 2 aliphatic carbocycles. The number of phenols is 1. The van der Waals surface area contributed by atoms with Gasteiger partial charge < -0.3 is 5.11 Å². The second-order valence-electron chi connectivity index (χ2n) is 7.50. The molecule has 0 saturated carbocycles. The molecule has 29 heavy (non-hydrogen) atoms. The molecule has 2 aromatic rings. The summed E-state index contributed by atoms with van der Waals surface area (Å²) in [5, 5.41) is 21.9. The summed E-state index contributed by atoms with van der Waals surface area (Å²) >= 11 is 0. The zero-order valence-electron chi connectivity index (χ0n) is 15.3. The fraction of sp³-hybridized carbons (Fsp3) is 0.227. The summed E-state index contributed by atoms with van der Waals surface area (Å²) in [6.45, 7) is 0. The van der Waals surface area contributed by atoms with Crippen LogP contribution in [0.15, 0.2) is 58.7 Å². The lowest BCUT2D eigenvalue weighted by molar-refractivity contribution is -0.385. The van der Waals surface area contributed by atoms with Crippen molar-refractivity contribution in [2.75, 3.05) is 0 Å². The van der Waals surface area contributed by atoms with Gasteiger partial charge in [0.25, 0.3) is 5.69 Å². The van der Waals surface area contributed by atoms with Crippen molar-refractivity contribution >= 4 is 23.0 Å². The van der Waals surface area contributed by atoms with Crippen molar-refractivity contribution in [2.24, 2.45) is 10.9 Å². The van der Waals surface area contributed by atoms with Crippen LogP contribution in [0.2, 0.25) is 0 Å². The van der Waals surface area contributed by atoms with Crippen molar-refractivity contribution in [1.82, 2.24) is 0 Å². The minimum atomic E-state index is -0.787. The number of carbonyl (C=O) groups is 2. The first kappa shape index (κ1) is 17.5. The molecule has 0 spiro atoms. The van der Waals surface area contributed by atoms with E-state index in [0.29, 0.717) is 41.8 Å². The Morgan fingerprint density at radius 1 is 1.03 bits per heavy atom. The highest BCUT2D eigenvalue weighted by atomic mass is 16.6. The molecular formula is C22H16N2O5. The van der Waals surface area contributed by atoms with Gasteiger partial charge in [-0.1, -0.05) is 24.3 Å². The highest BCUT2D eigenvalue weighted by Gasteiger charge is 2.49. The van der Waals surface area contributed by atoms with Gasteiger partial charge in [0.05, 0.1) is 16.6 Å². The number of non-ortho nitro benzene ring substituents is 1. The average Bonchev–Trinajstić information content (AvgIpc) is 2.99. The topological polar surface area (TPSA) is 110 Å². The average molecular weight is 388 g/mol. The SMILES string of the molecule is O=C1CCCC2=C1[C@H](c1cc([N+](=O)[O-])ccc1O)[C@@H]1C(=O)c3ccccc3C1=N2. The van der Waals surface area contributed by atoms with Gasteiger partial charge >= 0.3 is 0 Å². The Morgan fingerprint density at radius 2 is 1.79 bits per heavy atom. The van der Waals surface area contributed by atoms with E-state index in [4.69, 9.17) is 4.99 Å². The summed E-state index contributed by atoms with van der Waals surface area (Å²) in [5.41, 5.74) is 2.88. The number of ketones is 2. The van der Waals surface area contributed by atoms with Crippen LogP contribution >= 0.6 is 0 Å². The molecule has 144 valence electrons. The number of aliphatic imine (C=N–C) groups is 1. The number of benzene rings is 2. The summed E-state index contributed by atoms with van der Waals surface area (Å²) in [7, 11) is 0. The van der Waals surface area contributed by atoms with Crippen LogP contribution in [0.25, 0.3) is 0 Å². The number of nitro groups is 1. The molecule has 0 saturated heterocycles. The molecule has 2 aromatic carbocycles. The van der Waals surface area contributed by atoms with Crippen LogP contribution in [0.5, 0.6) is 5.75 Å². The van der Waals surface area contributed by atoms with Gasteiger partial charge in [-0.05, 0) is 18.9 Å².